The lowest BCUT2D eigenvalue weighted by Gasteiger charge is -2.44. The van der Waals surface area contributed by atoms with Crippen LogP contribution in [0.2, 0.25) is 16.6 Å². The average molecular weight is 365 g/mol. The number of aromatic nitrogens is 1. The molecule has 0 aliphatic rings. The van der Waals surface area contributed by atoms with Crippen LogP contribution in [0.15, 0.2) is 60.8 Å². The van der Waals surface area contributed by atoms with Crippen molar-refractivity contribution in [3.8, 4) is 0 Å². The second kappa shape index (κ2) is 7.32. The summed E-state index contributed by atoms with van der Waals surface area (Å²) in [6.07, 6.45) is 2.35. The number of rotatable bonds is 6. The predicted molar refractivity (Wildman–Crippen MR) is 118 cm³/mol. The zero-order chi connectivity index (χ0) is 18.9. The quantitative estimate of drug-likeness (QED) is 0.451. The van der Waals surface area contributed by atoms with E-state index in [2.05, 4.69) is 112 Å². The van der Waals surface area contributed by atoms with Crippen molar-refractivity contribution in [3.05, 3.63) is 60.8 Å². The van der Waals surface area contributed by atoms with Crippen LogP contribution in [0.4, 0.5) is 11.4 Å². The molecule has 1 N–H and O–H groups in total. The molecule has 3 aromatic rings. The summed E-state index contributed by atoms with van der Waals surface area (Å²) in [5.74, 6) is 0. The molecule has 3 heteroatoms. The summed E-state index contributed by atoms with van der Waals surface area (Å²) in [6, 6.07) is 19.4. The lowest BCUT2D eigenvalue weighted by molar-refractivity contribution is 0.773. The molecule has 1 aromatic heterocycles. The van der Waals surface area contributed by atoms with Crippen molar-refractivity contribution in [1.82, 2.24) is 4.23 Å². The highest BCUT2D eigenvalue weighted by Gasteiger charge is 2.45. The fourth-order valence-corrected chi connectivity index (χ4v) is 11.7. The molecule has 2 nitrogen and oxygen atoms in total. The number of nitrogens with one attached hydrogen (secondary N) is 1. The van der Waals surface area contributed by atoms with Gasteiger partial charge in [-0.25, -0.2) is 0 Å². The first-order valence-corrected chi connectivity index (χ1v) is 12.0. The second-order valence-electron chi connectivity index (χ2n) is 8.27. The van der Waals surface area contributed by atoms with Crippen molar-refractivity contribution in [2.45, 2.75) is 58.2 Å². The Morgan fingerprint density at radius 1 is 0.731 bits per heavy atom. The van der Waals surface area contributed by atoms with Gasteiger partial charge in [-0.3, -0.25) is 0 Å². The lowest BCUT2D eigenvalue weighted by Crippen LogP contribution is -2.51. The van der Waals surface area contributed by atoms with Gasteiger partial charge in [0.25, 0.3) is 0 Å². The van der Waals surface area contributed by atoms with E-state index in [1.54, 1.807) is 0 Å². The van der Waals surface area contributed by atoms with Gasteiger partial charge in [-0.05, 0) is 53.2 Å². The highest BCUT2D eigenvalue weighted by molar-refractivity contribution is 6.82. The van der Waals surface area contributed by atoms with Crippen molar-refractivity contribution in [2.75, 3.05) is 5.32 Å². The van der Waals surface area contributed by atoms with Crippen LogP contribution in [0.5, 0.6) is 0 Å². The van der Waals surface area contributed by atoms with Crippen molar-refractivity contribution >= 4 is 30.5 Å². The Balaban J connectivity index is 2.16. The SMILES string of the molecule is CC(C)[Si](C(C)C)(C(C)C)n1ccc2c(Nc3ccccc3)cccc21. The topological polar surface area (TPSA) is 17.0 Å². The van der Waals surface area contributed by atoms with Gasteiger partial charge in [0, 0.05) is 22.3 Å². The van der Waals surface area contributed by atoms with Crippen molar-refractivity contribution in [2.24, 2.45) is 0 Å². The third-order valence-electron chi connectivity index (χ3n) is 5.98. The van der Waals surface area contributed by atoms with Crippen molar-refractivity contribution in [1.29, 1.82) is 0 Å². The fraction of sp³-hybridized carbons (Fsp3) is 0.391. The molecule has 0 bridgehead atoms. The Morgan fingerprint density at radius 2 is 1.35 bits per heavy atom. The zero-order valence-electron chi connectivity index (χ0n) is 17.0. The maximum absolute atomic E-state index is 3.60. The molecule has 0 radical (unpaired) electrons. The lowest BCUT2D eigenvalue weighted by atomic mass is 10.2. The van der Waals surface area contributed by atoms with E-state index < -0.39 is 8.24 Å². The van der Waals surface area contributed by atoms with E-state index in [4.69, 9.17) is 0 Å². The van der Waals surface area contributed by atoms with Gasteiger partial charge in [-0.1, -0.05) is 65.8 Å². The highest BCUT2D eigenvalue weighted by atomic mass is 28.3. The first-order valence-electron chi connectivity index (χ1n) is 9.81. The monoisotopic (exact) mass is 364 g/mol. The van der Waals surface area contributed by atoms with Crippen LogP contribution in [0.1, 0.15) is 41.5 Å². The molecule has 26 heavy (non-hydrogen) atoms. The minimum atomic E-state index is -1.74. The highest BCUT2D eigenvalue weighted by Crippen LogP contribution is 2.44. The smallest absolute Gasteiger partial charge is 0.169 e. The third kappa shape index (κ3) is 2.99. The number of nitrogens with zero attached hydrogens (tertiary/aromatic N) is 1. The van der Waals surface area contributed by atoms with E-state index in [9.17, 15) is 0 Å². The Labute approximate surface area is 159 Å². The molecule has 1 heterocycles. The van der Waals surface area contributed by atoms with Gasteiger partial charge in [0.1, 0.15) is 0 Å². The van der Waals surface area contributed by atoms with E-state index in [0.717, 1.165) is 5.69 Å². The van der Waals surface area contributed by atoms with Crippen LogP contribution >= 0.6 is 0 Å². The van der Waals surface area contributed by atoms with Crippen LogP contribution in [0.25, 0.3) is 10.9 Å². The molecule has 0 aliphatic heterocycles. The van der Waals surface area contributed by atoms with E-state index in [1.165, 1.54) is 16.6 Å². The van der Waals surface area contributed by atoms with Gasteiger partial charge in [0.2, 0.25) is 0 Å². The van der Waals surface area contributed by atoms with E-state index in [0.29, 0.717) is 16.6 Å². The summed E-state index contributed by atoms with van der Waals surface area (Å²) in [6.45, 7) is 14.5. The first-order chi connectivity index (χ1) is 12.4. The largest absolute Gasteiger partial charge is 0.373 e. The summed E-state index contributed by atoms with van der Waals surface area (Å²) in [7, 11) is -1.74. The van der Waals surface area contributed by atoms with Gasteiger partial charge < -0.3 is 9.55 Å². The van der Waals surface area contributed by atoms with Crippen LogP contribution in [0.3, 0.4) is 0 Å². The molecule has 0 saturated heterocycles. The van der Waals surface area contributed by atoms with Gasteiger partial charge in [0.05, 0.1) is 0 Å². The molecule has 0 spiro atoms. The Hall–Kier alpha value is -2.00. The first kappa shape index (κ1) is 18.8. The third-order valence-corrected chi connectivity index (χ3v) is 12.8. The fourth-order valence-electron chi connectivity index (χ4n) is 5.13. The molecule has 0 atom stereocenters. The summed E-state index contributed by atoms with van der Waals surface area (Å²) < 4.78 is 2.68. The van der Waals surface area contributed by atoms with Crippen molar-refractivity contribution < 1.29 is 0 Å². The molecule has 2 aromatic carbocycles. The average Bonchev–Trinajstić information content (AvgIpc) is 3.01. The molecule has 0 fully saturated rings. The van der Waals surface area contributed by atoms with Gasteiger partial charge in [-0.2, -0.15) is 0 Å². The van der Waals surface area contributed by atoms with E-state index in [-0.39, 0.29) is 0 Å². The zero-order valence-corrected chi connectivity index (χ0v) is 18.0. The minimum Gasteiger partial charge on any atom is -0.373 e. The Morgan fingerprint density at radius 3 is 1.92 bits per heavy atom. The maximum Gasteiger partial charge on any atom is 0.169 e. The Kier molecular flexibility index (Phi) is 5.28. The molecule has 0 unspecified atom stereocenters. The second-order valence-corrected chi connectivity index (χ2v) is 14.0. The standard InChI is InChI=1S/C23H32N2Si/c1-17(2)26(18(3)4,19(5)6)25-16-15-21-22(13-10-14-23(21)25)24-20-11-8-7-9-12-20/h7-19,24H,1-6H3. The Bertz CT molecular complexity index is 841. The normalized spacial score (nSPS) is 12.5. The van der Waals surface area contributed by atoms with Crippen LogP contribution < -0.4 is 5.32 Å². The van der Waals surface area contributed by atoms with Crippen LogP contribution in [0, 0.1) is 0 Å². The molecule has 0 saturated carbocycles. The van der Waals surface area contributed by atoms with Crippen LogP contribution in [-0.4, -0.2) is 12.5 Å². The number of benzene rings is 2. The number of fused-ring (bicyclic) bond motifs is 1. The summed E-state index contributed by atoms with van der Waals surface area (Å²) in [5.41, 5.74) is 5.74. The molecule has 138 valence electrons. The summed E-state index contributed by atoms with van der Waals surface area (Å²) in [4.78, 5) is 0. The molecule has 3 rings (SSSR count). The number of para-hydroxylation sites is 1. The van der Waals surface area contributed by atoms with Gasteiger partial charge >= 0.3 is 0 Å². The maximum atomic E-state index is 3.60. The number of anilines is 2. The minimum absolute atomic E-state index is 0.684. The molecular formula is C23H32N2Si. The number of hydrogen-bond donors (Lipinski definition) is 1. The summed E-state index contributed by atoms with van der Waals surface area (Å²) in [5, 5.41) is 4.92. The predicted octanol–water partition coefficient (Wildman–Crippen LogP) is 7.41. The van der Waals surface area contributed by atoms with Gasteiger partial charge in [-0.15, -0.1) is 0 Å². The molecular weight excluding hydrogens is 332 g/mol. The van der Waals surface area contributed by atoms with Crippen LogP contribution in [-0.2, 0) is 0 Å². The summed E-state index contributed by atoms with van der Waals surface area (Å²) >= 11 is 0. The van der Waals surface area contributed by atoms with Crippen molar-refractivity contribution in [3.63, 3.8) is 0 Å². The van der Waals surface area contributed by atoms with Gasteiger partial charge in [0.15, 0.2) is 8.24 Å². The van der Waals surface area contributed by atoms with E-state index in [1.807, 2.05) is 0 Å². The molecule has 0 aliphatic carbocycles. The van der Waals surface area contributed by atoms with E-state index >= 15 is 0 Å². The molecule has 0 amide bonds. The number of hydrogen-bond acceptors (Lipinski definition) is 1.